The Balaban J connectivity index is 0. The third-order valence-electron chi connectivity index (χ3n) is 1.94. The Labute approximate surface area is 119 Å². The van der Waals surface area contributed by atoms with Crippen LogP contribution in [0.4, 0.5) is 0 Å². The summed E-state index contributed by atoms with van der Waals surface area (Å²) in [5.74, 6) is -0.596. The molecule has 0 spiro atoms. The van der Waals surface area contributed by atoms with Crippen molar-refractivity contribution < 1.29 is 14.7 Å². The predicted molar refractivity (Wildman–Crippen MR) is 80.9 cm³/mol. The highest BCUT2D eigenvalue weighted by Gasteiger charge is 1.93. The van der Waals surface area contributed by atoms with E-state index in [1.54, 1.807) is 0 Å². The molecule has 0 heterocycles. The molecule has 0 saturated carbocycles. The Morgan fingerprint density at radius 1 is 1.20 bits per heavy atom. The average Bonchev–Trinajstić information content (AvgIpc) is 2.50. The number of primary amides is 1. The largest absolute Gasteiger partial charge is 0.400 e. The maximum Gasteiger partial charge on any atom is 0.243 e. The molecule has 0 radical (unpaired) electrons. The third kappa shape index (κ3) is 13.7. The molecule has 0 atom stereocenters. The van der Waals surface area contributed by atoms with Gasteiger partial charge in [0.2, 0.25) is 11.8 Å². The van der Waals surface area contributed by atoms with E-state index >= 15 is 0 Å². The maximum absolute atomic E-state index is 10.8. The Hall–Kier alpha value is -2.40. The van der Waals surface area contributed by atoms with E-state index in [0.717, 1.165) is 19.6 Å². The summed E-state index contributed by atoms with van der Waals surface area (Å²) in [7, 11) is 1.00. The lowest BCUT2D eigenvalue weighted by Crippen LogP contribution is -2.23. The van der Waals surface area contributed by atoms with Crippen molar-refractivity contribution in [2.24, 2.45) is 5.73 Å². The second kappa shape index (κ2) is 14.7. The molecule has 1 rings (SSSR count). The third-order valence-corrected chi connectivity index (χ3v) is 1.94. The van der Waals surface area contributed by atoms with E-state index in [-0.39, 0.29) is 5.91 Å². The van der Waals surface area contributed by atoms with Gasteiger partial charge in [-0.1, -0.05) is 43.5 Å². The van der Waals surface area contributed by atoms with E-state index in [4.69, 9.17) is 5.11 Å². The van der Waals surface area contributed by atoms with E-state index in [1.807, 2.05) is 30.3 Å². The molecule has 0 fully saturated rings. The molecule has 20 heavy (non-hydrogen) atoms. The number of rotatable bonds is 5. The van der Waals surface area contributed by atoms with E-state index in [9.17, 15) is 9.59 Å². The summed E-state index contributed by atoms with van der Waals surface area (Å²) in [5.41, 5.74) is 5.76. The van der Waals surface area contributed by atoms with Gasteiger partial charge in [-0.25, -0.2) is 0 Å². The van der Waals surface area contributed by atoms with Crippen molar-refractivity contribution in [3.8, 4) is 0 Å². The molecule has 0 bridgehead atoms. The molecule has 1 aromatic carbocycles. The van der Waals surface area contributed by atoms with Gasteiger partial charge in [0, 0.05) is 13.7 Å². The number of hydrogen-bond donors (Lipinski definition) is 3. The highest BCUT2D eigenvalue weighted by atomic mass is 16.2. The van der Waals surface area contributed by atoms with Crippen LogP contribution < -0.4 is 11.1 Å². The first kappa shape index (κ1) is 19.9. The van der Waals surface area contributed by atoms with E-state index in [1.165, 1.54) is 11.6 Å². The van der Waals surface area contributed by atoms with Gasteiger partial charge in [-0.05, 0) is 24.1 Å². The topological polar surface area (TPSA) is 92.4 Å². The predicted octanol–water partition coefficient (Wildman–Crippen LogP) is 0.797. The number of aliphatic hydroxyl groups excluding tert-OH is 1. The Morgan fingerprint density at radius 2 is 1.70 bits per heavy atom. The molecule has 5 nitrogen and oxygen atoms in total. The summed E-state index contributed by atoms with van der Waals surface area (Å²) in [6, 6.07) is 10.0. The SMILES string of the molecule is C=CC(=O)NCCc1ccccc1.C=CC(N)=O.CO. The van der Waals surface area contributed by atoms with Gasteiger partial charge in [0.1, 0.15) is 0 Å². The Morgan fingerprint density at radius 3 is 2.10 bits per heavy atom. The van der Waals surface area contributed by atoms with Crippen LogP contribution in [0.1, 0.15) is 5.56 Å². The van der Waals surface area contributed by atoms with E-state index in [2.05, 4.69) is 24.2 Å². The lowest BCUT2D eigenvalue weighted by Gasteiger charge is -2.01. The van der Waals surface area contributed by atoms with Gasteiger partial charge in [0.15, 0.2) is 0 Å². The number of nitrogens with one attached hydrogen (secondary N) is 1. The van der Waals surface area contributed by atoms with E-state index < -0.39 is 5.91 Å². The smallest absolute Gasteiger partial charge is 0.243 e. The molecule has 4 N–H and O–H groups in total. The van der Waals surface area contributed by atoms with Crippen molar-refractivity contribution in [3.05, 3.63) is 61.2 Å². The Bertz CT molecular complexity index is 403. The van der Waals surface area contributed by atoms with Gasteiger partial charge in [0.25, 0.3) is 0 Å². The fraction of sp³-hybridized carbons (Fsp3) is 0.200. The maximum atomic E-state index is 10.8. The van der Waals surface area contributed by atoms with Gasteiger partial charge < -0.3 is 16.2 Å². The molecule has 5 heteroatoms. The lowest BCUT2D eigenvalue weighted by atomic mass is 10.1. The minimum absolute atomic E-state index is 0.115. The molecule has 1 aromatic rings. The zero-order valence-corrected chi connectivity index (χ0v) is 11.7. The number of carbonyl (C=O) groups is 2. The van der Waals surface area contributed by atoms with Crippen LogP contribution in [-0.2, 0) is 16.0 Å². The zero-order valence-electron chi connectivity index (χ0n) is 11.7. The number of hydrogen-bond acceptors (Lipinski definition) is 3. The minimum Gasteiger partial charge on any atom is -0.400 e. The molecule has 0 saturated heterocycles. The highest BCUT2D eigenvalue weighted by Crippen LogP contribution is 1.97. The Kier molecular flexibility index (Phi) is 14.6. The number of benzene rings is 1. The van der Waals surface area contributed by atoms with Crippen molar-refractivity contribution in [1.82, 2.24) is 5.32 Å². The molecule has 0 aliphatic heterocycles. The molecular formula is C15H22N2O3. The second-order valence-corrected chi connectivity index (χ2v) is 3.34. The van der Waals surface area contributed by atoms with Gasteiger partial charge in [-0.2, -0.15) is 0 Å². The number of carbonyl (C=O) groups excluding carboxylic acids is 2. The number of nitrogens with two attached hydrogens (primary N) is 1. The summed E-state index contributed by atoms with van der Waals surface area (Å²) in [5, 5.41) is 9.72. The van der Waals surface area contributed by atoms with Crippen molar-refractivity contribution >= 4 is 11.8 Å². The molecule has 110 valence electrons. The average molecular weight is 278 g/mol. The molecule has 0 aromatic heterocycles. The first-order valence-electron chi connectivity index (χ1n) is 5.91. The van der Waals surface area contributed by atoms with Gasteiger partial charge in [0.05, 0.1) is 0 Å². The number of aliphatic hydroxyl groups is 1. The van der Waals surface area contributed by atoms with Crippen LogP contribution in [0.15, 0.2) is 55.6 Å². The van der Waals surface area contributed by atoms with Crippen LogP contribution >= 0.6 is 0 Å². The van der Waals surface area contributed by atoms with Gasteiger partial charge in [-0.15, -0.1) is 0 Å². The normalized spacial score (nSPS) is 7.90. The first-order valence-corrected chi connectivity index (χ1v) is 5.91. The first-order chi connectivity index (χ1) is 9.60. The van der Waals surface area contributed by atoms with Crippen LogP contribution in [0.5, 0.6) is 0 Å². The quantitative estimate of drug-likeness (QED) is 0.695. The van der Waals surface area contributed by atoms with Crippen LogP contribution in [0.3, 0.4) is 0 Å². The van der Waals surface area contributed by atoms with Gasteiger partial charge >= 0.3 is 0 Å². The van der Waals surface area contributed by atoms with Crippen molar-refractivity contribution in [2.75, 3.05) is 13.7 Å². The standard InChI is InChI=1S/C11H13NO.C3H5NO.CH4O/c1-2-11(13)12-9-8-10-6-4-3-5-7-10;1-2-3(4)5;1-2/h2-7H,1,8-9H2,(H,12,13);2H,1H2,(H2,4,5);2H,1H3. The summed E-state index contributed by atoms with van der Waals surface area (Å²) in [6.45, 7) is 7.12. The fourth-order valence-electron chi connectivity index (χ4n) is 1.05. The van der Waals surface area contributed by atoms with Gasteiger partial charge in [-0.3, -0.25) is 9.59 Å². The lowest BCUT2D eigenvalue weighted by molar-refractivity contribution is -0.116. The van der Waals surface area contributed by atoms with Crippen LogP contribution in [0.2, 0.25) is 0 Å². The van der Waals surface area contributed by atoms with E-state index in [0.29, 0.717) is 6.54 Å². The van der Waals surface area contributed by atoms with Crippen LogP contribution in [0, 0.1) is 0 Å². The molecule has 0 aliphatic rings. The second-order valence-electron chi connectivity index (χ2n) is 3.34. The monoisotopic (exact) mass is 278 g/mol. The molecule has 2 amide bonds. The summed E-state index contributed by atoms with van der Waals surface area (Å²) in [4.78, 5) is 20.2. The summed E-state index contributed by atoms with van der Waals surface area (Å²) in [6.07, 6.45) is 3.20. The molecular weight excluding hydrogens is 256 g/mol. The summed E-state index contributed by atoms with van der Waals surface area (Å²) >= 11 is 0. The molecule has 0 unspecified atom stereocenters. The van der Waals surface area contributed by atoms with Crippen LogP contribution in [-0.4, -0.2) is 30.6 Å². The number of amides is 2. The summed E-state index contributed by atoms with van der Waals surface area (Å²) < 4.78 is 0. The van der Waals surface area contributed by atoms with Crippen molar-refractivity contribution in [1.29, 1.82) is 0 Å². The van der Waals surface area contributed by atoms with Crippen molar-refractivity contribution in [3.63, 3.8) is 0 Å². The molecule has 0 aliphatic carbocycles. The minimum atomic E-state index is -0.481. The van der Waals surface area contributed by atoms with Crippen molar-refractivity contribution in [2.45, 2.75) is 6.42 Å². The fourth-order valence-corrected chi connectivity index (χ4v) is 1.05. The van der Waals surface area contributed by atoms with Crippen LogP contribution in [0.25, 0.3) is 0 Å². The highest BCUT2D eigenvalue weighted by molar-refractivity contribution is 5.86. The zero-order chi connectivity index (χ0) is 15.8.